The Bertz CT molecular complexity index is 1350. The molecule has 1 aromatic heterocycles. The standard InChI is InChI=1S/C24H26O13/c1-31-13-7-9(5-6-11(13)36-24-18(29)16(27)17(28)23(30)37-24)12-8-10(25)14-15(26)20(32-2)22(34-4)21(33-3)19(14)35-12/h5-8,16-18,23-24,26-30H,1-4H3. The van der Waals surface area contributed by atoms with Crippen LogP contribution in [0.3, 0.4) is 0 Å². The topological polar surface area (TPSA) is 187 Å². The van der Waals surface area contributed by atoms with Crippen LogP contribution in [-0.2, 0) is 4.74 Å². The van der Waals surface area contributed by atoms with E-state index in [9.17, 15) is 30.3 Å². The molecule has 0 radical (unpaired) electrons. The minimum absolute atomic E-state index is 0.0251. The average Bonchev–Trinajstić information content (AvgIpc) is 2.89. The van der Waals surface area contributed by atoms with Gasteiger partial charge in [0.25, 0.3) is 0 Å². The third kappa shape index (κ3) is 4.47. The van der Waals surface area contributed by atoms with E-state index < -0.39 is 42.1 Å². The van der Waals surface area contributed by atoms with Crippen LogP contribution in [-0.4, -0.2) is 84.9 Å². The van der Waals surface area contributed by atoms with Crippen molar-refractivity contribution in [1.29, 1.82) is 0 Å². The molecule has 1 saturated heterocycles. The summed E-state index contributed by atoms with van der Waals surface area (Å²) in [4.78, 5) is 13.0. The fraction of sp³-hybridized carbons (Fsp3) is 0.375. The Morgan fingerprint density at radius 1 is 0.784 bits per heavy atom. The number of aromatic hydroxyl groups is 1. The molecule has 0 saturated carbocycles. The van der Waals surface area contributed by atoms with Crippen LogP contribution in [0.4, 0.5) is 0 Å². The second-order valence-corrected chi connectivity index (χ2v) is 7.98. The predicted octanol–water partition coefficient (Wildman–Crippen LogP) is 0.336. The third-order valence-electron chi connectivity index (χ3n) is 5.87. The van der Waals surface area contributed by atoms with Gasteiger partial charge in [0, 0.05) is 11.6 Å². The van der Waals surface area contributed by atoms with Crippen LogP contribution < -0.4 is 29.1 Å². The molecule has 5 atom stereocenters. The lowest BCUT2D eigenvalue weighted by Gasteiger charge is -2.38. The van der Waals surface area contributed by atoms with Gasteiger partial charge in [-0.15, -0.1) is 0 Å². The average molecular weight is 522 g/mol. The first-order valence-electron chi connectivity index (χ1n) is 10.9. The molecule has 0 amide bonds. The highest BCUT2D eigenvalue weighted by atomic mass is 16.7. The molecule has 2 aromatic carbocycles. The third-order valence-corrected chi connectivity index (χ3v) is 5.87. The van der Waals surface area contributed by atoms with E-state index in [0.717, 1.165) is 6.07 Å². The summed E-state index contributed by atoms with van der Waals surface area (Å²) in [7, 11) is 5.31. The smallest absolute Gasteiger partial charge is 0.231 e. The SMILES string of the molecule is COc1cc(-c2cc(=O)c3c(O)c(OC)c(OC)c(OC)c3o2)ccc1OC1OC(O)C(O)C(O)C1O. The van der Waals surface area contributed by atoms with Crippen LogP contribution in [0.15, 0.2) is 33.5 Å². The Labute approximate surface area is 209 Å². The van der Waals surface area contributed by atoms with E-state index in [-0.39, 0.29) is 45.5 Å². The van der Waals surface area contributed by atoms with Gasteiger partial charge in [0.15, 0.2) is 34.6 Å². The first-order valence-corrected chi connectivity index (χ1v) is 10.9. The van der Waals surface area contributed by atoms with Gasteiger partial charge in [0.2, 0.25) is 23.5 Å². The van der Waals surface area contributed by atoms with E-state index in [4.69, 9.17) is 32.8 Å². The second-order valence-electron chi connectivity index (χ2n) is 7.98. The van der Waals surface area contributed by atoms with Gasteiger partial charge < -0.3 is 58.4 Å². The van der Waals surface area contributed by atoms with Crippen molar-refractivity contribution in [3.8, 4) is 45.8 Å². The second kappa shape index (κ2) is 10.3. The summed E-state index contributed by atoms with van der Waals surface area (Å²) in [5, 5.41) is 49.9. The molecule has 200 valence electrons. The Balaban J connectivity index is 1.77. The maximum atomic E-state index is 13.0. The fourth-order valence-corrected chi connectivity index (χ4v) is 3.98. The Hall–Kier alpha value is -3.75. The highest BCUT2D eigenvalue weighted by Crippen LogP contribution is 2.50. The normalized spacial score (nSPS) is 23.5. The van der Waals surface area contributed by atoms with Crippen LogP contribution in [0.5, 0.6) is 34.5 Å². The van der Waals surface area contributed by atoms with Crippen molar-refractivity contribution in [2.45, 2.75) is 30.9 Å². The van der Waals surface area contributed by atoms with Crippen molar-refractivity contribution < 1.29 is 58.4 Å². The van der Waals surface area contributed by atoms with Crippen LogP contribution in [0.2, 0.25) is 0 Å². The van der Waals surface area contributed by atoms with E-state index in [1.807, 2.05) is 0 Å². The highest BCUT2D eigenvalue weighted by Gasteiger charge is 2.44. The van der Waals surface area contributed by atoms with Gasteiger partial charge in [-0.3, -0.25) is 4.79 Å². The number of hydrogen-bond acceptors (Lipinski definition) is 13. The quantitative estimate of drug-likeness (QED) is 0.286. The van der Waals surface area contributed by atoms with Gasteiger partial charge in [-0.05, 0) is 18.2 Å². The maximum absolute atomic E-state index is 13.0. The first-order chi connectivity index (χ1) is 17.7. The van der Waals surface area contributed by atoms with Crippen molar-refractivity contribution in [1.82, 2.24) is 0 Å². The number of ether oxygens (including phenoxy) is 6. The molecule has 1 aliphatic rings. The summed E-state index contributed by atoms with van der Waals surface area (Å²) >= 11 is 0. The van der Waals surface area contributed by atoms with Crippen LogP contribution >= 0.6 is 0 Å². The number of aliphatic hydroxyl groups is 4. The van der Waals surface area contributed by atoms with Gasteiger partial charge in [-0.25, -0.2) is 0 Å². The van der Waals surface area contributed by atoms with E-state index in [1.54, 1.807) is 0 Å². The van der Waals surface area contributed by atoms with Crippen molar-refractivity contribution >= 4 is 11.0 Å². The van der Waals surface area contributed by atoms with Crippen LogP contribution in [0.1, 0.15) is 0 Å². The molecule has 2 heterocycles. The fourth-order valence-electron chi connectivity index (χ4n) is 3.98. The molecule has 0 spiro atoms. The molecule has 5 unspecified atom stereocenters. The molecule has 1 aliphatic heterocycles. The van der Waals surface area contributed by atoms with Gasteiger partial charge >= 0.3 is 0 Å². The Morgan fingerprint density at radius 2 is 1.46 bits per heavy atom. The molecular weight excluding hydrogens is 496 g/mol. The monoisotopic (exact) mass is 522 g/mol. The van der Waals surface area contributed by atoms with E-state index in [0.29, 0.717) is 5.56 Å². The molecular formula is C24H26O13. The number of methoxy groups -OCH3 is 4. The summed E-state index contributed by atoms with van der Waals surface area (Å²) in [5.41, 5.74) is -0.313. The minimum atomic E-state index is -1.79. The lowest BCUT2D eigenvalue weighted by molar-refractivity contribution is -0.321. The van der Waals surface area contributed by atoms with Gasteiger partial charge in [0.1, 0.15) is 29.5 Å². The highest BCUT2D eigenvalue weighted by molar-refractivity contribution is 5.95. The molecule has 1 fully saturated rings. The Morgan fingerprint density at radius 3 is 2.08 bits per heavy atom. The molecule has 5 N–H and O–H groups in total. The molecule has 3 aromatic rings. The lowest BCUT2D eigenvalue weighted by Crippen LogP contribution is -2.59. The van der Waals surface area contributed by atoms with Crippen molar-refractivity contribution in [3.63, 3.8) is 0 Å². The number of phenols is 1. The van der Waals surface area contributed by atoms with Crippen LogP contribution in [0.25, 0.3) is 22.3 Å². The minimum Gasteiger partial charge on any atom is -0.504 e. The largest absolute Gasteiger partial charge is 0.504 e. The summed E-state index contributed by atoms with van der Waals surface area (Å²) < 4.78 is 37.8. The number of benzene rings is 2. The zero-order chi connectivity index (χ0) is 27.0. The number of rotatable bonds is 7. The van der Waals surface area contributed by atoms with Crippen molar-refractivity contribution in [3.05, 3.63) is 34.5 Å². The van der Waals surface area contributed by atoms with Crippen molar-refractivity contribution in [2.24, 2.45) is 0 Å². The van der Waals surface area contributed by atoms with E-state index in [1.165, 1.54) is 46.6 Å². The van der Waals surface area contributed by atoms with E-state index >= 15 is 0 Å². The van der Waals surface area contributed by atoms with Gasteiger partial charge in [-0.1, -0.05) is 0 Å². The number of hydrogen-bond donors (Lipinski definition) is 5. The van der Waals surface area contributed by atoms with Gasteiger partial charge in [-0.2, -0.15) is 0 Å². The maximum Gasteiger partial charge on any atom is 0.231 e. The molecule has 0 bridgehead atoms. The molecule has 13 heteroatoms. The van der Waals surface area contributed by atoms with Crippen LogP contribution in [0, 0.1) is 0 Å². The van der Waals surface area contributed by atoms with Gasteiger partial charge in [0.05, 0.1) is 28.4 Å². The number of aliphatic hydroxyl groups excluding tert-OH is 4. The first kappa shape index (κ1) is 26.3. The number of fused-ring (bicyclic) bond motifs is 1. The molecule has 4 rings (SSSR count). The summed E-state index contributed by atoms with van der Waals surface area (Å²) in [5.74, 6) is -0.264. The number of phenolic OH excluding ortho intramolecular Hbond substituents is 1. The predicted molar refractivity (Wildman–Crippen MR) is 125 cm³/mol. The van der Waals surface area contributed by atoms with E-state index in [2.05, 4.69) is 0 Å². The molecule has 13 nitrogen and oxygen atoms in total. The summed E-state index contributed by atoms with van der Waals surface area (Å²) in [6, 6.07) is 5.54. The molecule has 37 heavy (non-hydrogen) atoms. The zero-order valence-corrected chi connectivity index (χ0v) is 20.2. The zero-order valence-electron chi connectivity index (χ0n) is 20.2. The molecule has 0 aliphatic carbocycles. The summed E-state index contributed by atoms with van der Waals surface area (Å²) in [6.45, 7) is 0. The summed E-state index contributed by atoms with van der Waals surface area (Å²) in [6.07, 6.45) is -8.42. The lowest BCUT2D eigenvalue weighted by atomic mass is 10.0. The van der Waals surface area contributed by atoms with Crippen molar-refractivity contribution in [2.75, 3.05) is 28.4 Å². The Kier molecular flexibility index (Phi) is 7.34.